The molecular weight excluding hydrogens is 268 g/mol. The third kappa shape index (κ3) is 4.09. The number of nitrogens with zero attached hydrogens (tertiary/aromatic N) is 4. The van der Waals surface area contributed by atoms with E-state index < -0.39 is 5.60 Å². The number of hydrogen-bond donors (Lipinski definition) is 0. The van der Waals surface area contributed by atoms with Crippen LogP contribution in [0.25, 0.3) is 0 Å². The topological polar surface area (TPSA) is 69.5 Å². The van der Waals surface area contributed by atoms with Crippen LogP contribution in [-0.4, -0.2) is 41.3 Å². The van der Waals surface area contributed by atoms with Gasteiger partial charge in [-0.3, -0.25) is 4.90 Å². The number of ether oxygens (including phenoxy) is 1. The van der Waals surface area contributed by atoms with E-state index >= 15 is 0 Å². The van der Waals surface area contributed by atoms with E-state index in [0.717, 1.165) is 13.0 Å². The van der Waals surface area contributed by atoms with Gasteiger partial charge in [0.05, 0.1) is 6.67 Å². The maximum absolute atomic E-state index is 12.1. The molecule has 2 rings (SSSR count). The standard InChI is InChI=1S/C15H20N4O2/c1-15(2,3)21-14(20)19-9-5-8-18(11-19)13-7-4-6-12(10-16)17-13/h4,6-7H,5,8-9,11H2,1-3H3. The van der Waals surface area contributed by atoms with Gasteiger partial charge in [-0.2, -0.15) is 5.26 Å². The molecule has 0 N–H and O–H groups in total. The minimum Gasteiger partial charge on any atom is -0.444 e. The number of pyridine rings is 1. The molecule has 1 aliphatic rings. The minimum atomic E-state index is -0.502. The summed E-state index contributed by atoms with van der Waals surface area (Å²) in [6.07, 6.45) is 0.529. The molecule has 0 bridgehead atoms. The zero-order chi connectivity index (χ0) is 15.5. The Hall–Kier alpha value is -2.29. The van der Waals surface area contributed by atoms with Crippen LogP contribution in [0.5, 0.6) is 0 Å². The summed E-state index contributed by atoms with van der Waals surface area (Å²) < 4.78 is 5.39. The molecule has 0 saturated carbocycles. The monoisotopic (exact) mass is 288 g/mol. The number of aromatic nitrogens is 1. The Morgan fingerprint density at radius 1 is 1.38 bits per heavy atom. The van der Waals surface area contributed by atoms with Crippen molar-refractivity contribution in [3.05, 3.63) is 23.9 Å². The highest BCUT2D eigenvalue weighted by Gasteiger charge is 2.26. The first-order valence-corrected chi connectivity index (χ1v) is 6.99. The predicted molar refractivity (Wildman–Crippen MR) is 78.7 cm³/mol. The number of carbonyl (C=O) groups is 1. The van der Waals surface area contributed by atoms with Gasteiger partial charge in [-0.15, -0.1) is 0 Å². The van der Waals surface area contributed by atoms with Gasteiger partial charge in [-0.1, -0.05) is 6.07 Å². The van der Waals surface area contributed by atoms with Gasteiger partial charge >= 0.3 is 6.09 Å². The molecule has 112 valence electrons. The lowest BCUT2D eigenvalue weighted by atomic mass is 10.2. The first-order valence-electron chi connectivity index (χ1n) is 6.99. The fourth-order valence-corrected chi connectivity index (χ4v) is 2.12. The van der Waals surface area contributed by atoms with Gasteiger partial charge in [0.2, 0.25) is 0 Å². The van der Waals surface area contributed by atoms with Gasteiger partial charge < -0.3 is 9.64 Å². The summed E-state index contributed by atoms with van der Waals surface area (Å²) in [5.41, 5.74) is -0.125. The van der Waals surface area contributed by atoms with Crippen molar-refractivity contribution in [1.82, 2.24) is 9.88 Å². The van der Waals surface area contributed by atoms with Crippen molar-refractivity contribution < 1.29 is 9.53 Å². The van der Waals surface area contributed by atoms with Gasteiger partial charge in [0, 0.05) is 13.1 Å². The van der Waals surface area contributed by atoms with Crippen LogP contribution in [0.3, 0.4) is 0 Å². The highest BCUT2D eigenvalue weighted by molar-refractivity contribution is 5.68. The first kappa shape index (κ1) is 15.1. The van der Waals surface area contributed by atoms with Crippen molar-refractivity contribution in [2.75, 3.05) is 24.7 Å². The second kappa shape index (κ2) is 6.00. The molecule has 1 fully saturated rings. The van der Waals surface area contributed by atoms with Gasteiger partial charge in [0.1, 0.15) is 23.2 Å². The molecule has 6 nitrogen and oxygen atoms in total. The summed E-state index contributed by atoms with van der Waals surface area (Å²) >= 11 is 0. The molecule has 0 unspecified atom stereocenters. The molecule has 1 saturated heterocycles. The average Bonchev–Trinajstić information content (AvgIpc) is 2.46. The van der Waals surface area contributed by atoms with E-state index in [-0.39, 0.29) is 6.09 Å². The zero-order valence-corrected chi connectivity index (χ0v) is 12.7. The summed E-state index contributed by atoms with van der Waals surface area (Å²) in [6.45, 7) is 7.46. The Bertz CT molecular complexity index is 560. The molecule has 1 aromatic heterocycles. The van der Waals surface area contributed by atoms with E-state index in [2.05, 4.69) is 4.98 Å². The van der Waals surface area contributed by atoms with Crippen molar-refractivity contribution in [1.29, 1.82) is 5.26 Å². The number of hydrogen-bond acceptors (Lipinski definition) is 5. The summed E-state index contributed by atoms with van der Waals surface area (Å²) in [7, 11) is 0. The molecular formula is C15H20N4O2. The molecule has 0 spiro atoms. The Labute approximate surface area is 124 Å². The van der Waals surface area contributed by atoms with Crippen molar-refractivity contribution in [2.45, 2.75) is 32.8 Å². The molecule has 0 aromatic carbocycles. The van der Waals surface area contributed by atoms with E-state index in [0.29, 0.717) is 24.7 Å². The van der Waals surface area contributed by atoms with Crippen molar-refractivity contribution in [3.63, 3.8) is 0 Å². The second-order valence-electron chi connectivity index (χ2n) is 6.00. The van der Waals surface area contributed by atoms with Crippen molar-refractivity contribution >= 4 is 11.9 Å². The molecule has 0 radical (unpaired) electrons. The highest BCUT2D eigenvalue weighted by Crippen LogP contribution is 2.18. The minimum absolute atomic E-state index is 0.316. The number of anilines is 1. The van der Waals surface area contributed by atoms with Gasteiger partial charge in [0.25, 0.3) is 0 Å². The Kier molecular flexibility index (Phi) is 4.32. The Morgan fingerprint density at radius 3 is 2.81 bits per heavy atom. The van der Waals surface area contributed by atoms with Crippen LogP contribution in [0.4, 0.5) is 10.6 Å². The van der Waals surface area contributed by atoms with Crippen molar-refractivity contribution in [3.8, 4) is 6.07 Å². The van der Waals surface area contributed by atoms with Gasteiger partial charge in [-0.25, -0.2) is 9.78 Å². The van der Waals surface area contributed by atoms with E-state index in [1.807, 2.05) is 37.8 Å². The Morgan fingerprint density at radius 2 is 2.14 bits per heavy atom. The van der Waals surface area contributed by atoms with Crippen LogP contribution in [0.15, 0.2) is 18.2 Å². The molecule has 2 heterocycles. The van der Waals surface area contributed by atoms with Gasteiger partial charge in [0.15, 0.2) is 0 Å². The Balaban J connectivity index is 2.07. The molecule has 0 aliphatic carbocycles. The molecule has 1 amide bonds. The third-order valence-corrected chi connectivity index (χ3v) is 3.02. The quantitative estimate of drug-likeness (QED) is 0.793. The smallest absolute Gasteiger partial charge is 0.411 e. The first-order chi connectivity index (χ1) is 9.89. The fraction of sp³-hybridized carbons (Fsp3) is 0.533. The van der Waals surface area contributed by atoms with E-state index in [4.69, 9.17) is 10.00 Å². The zero-order valence-electron chi connectivity index (χ0n) is 12.7. The molecule has 0 atom stereocenters. The molecule has 21 heavy (non-hydrogen) atoms. The summed E-state index contributed by atoms with van der Waals surface area (Å²) in [5.74, 6) is 0.710. The third-order valence-electron chi connectivity index (χ3n) is 3.02. The summed E-state index contributed by atoms with van der Waals surface area (Å²) in [5, 5.41) is 8.91. The number of carbonyl (C=O) groups excluding carboxylic acids is 1. The lowest BCUT2D eigenvalue weighted by Gasteiger charge is -2.37. The SMILES string of the molecule is CC(C)(C)OC(=O)N1CCCN(c2cccc(C#N)n2)C1. The van der Waals surface area contributed by atoms with Crippen LogP contribution in [0.2, 0.25) is 0 Å². The van der Waals surface area contributed by atoms with Crippen LogP contribution >= 0.6 is 0 Å². The van der Waals surface area contributed by atoms with Crippen LogP contribution < -0.4 is 4.90 Å². The van der Waals surface area contributed by atoms with Crippen LogP contribution in [0, 0.1) is 11.3 Å². The van der Waals surface area contributed by atoms with E-state index in [1.165, 1.54) is 0 Å². The fourth-order valence-electron chi connectivity index (χ4n) is 2.12. The normalized spacial score (nSPS) is 15.5. The van der Waals surface area contributed by atoms with Crippen LogP contribution in [-0.2, 0) is 4.74 Å². The largest absolute Gasteiger partial charge is 0.444 e. The number of amides is 1. The van der Waals surface area contributed by atoms with Crippen LogP contribution in [0.1, 0.15) is 32.9 Å². The summed E-state index contributed by atoms with van der Waals surface area (Å²) in [6, 6.07) is 7.34. The predicted octanol–water partition coefficient (Wildman–Crippen LogP) is 2.36. The van der Waals surface area contributed by atoms with Gasteiger partial charge in [-0.05, 0) is 39.3 Å². The lowest BCUT2D eigenvalue weighted by molar-refractivity contribution is 0.0225. The van der Waals surface area contributed by atoms with E-state index in [1.54, 1.807) is 17.0 Å². The number of rotatable bonds is 1. The second-order valence-corrected chi connectivity index (χ2v) is 6.00. The average molecular weight is 288 g/mol. The molecule has 1 aromatic rings. The number of nitriles is 1. The van der Waals surface area contributed by atoms with E-state index in [9.17, 15) is 4.79 Å². The van der Waals surface area contributed by atoms with Crippen molar-refractivity contribution in [2.24, 2.45) is 0 Å². The molecule has 1 aliphatic heterocycles. The molecule has 6 heteroatoms. The highest BCUT2D eigenvalue weighted by atomic mass is 16.6. The lowest BCUT2D eigenvalue weighted by Crippen LogP contribution is -2.49. The maximum Gasteiger partial charge on any atom is 0.411 e. The maximum atomic E-state index is 12.1. The summed E-state index contributed by atoms with van der Waals surface area (Å²) in [4.78, 5) is 20.0.